The lowest BCUT2D eigenvalue weighted by Crippen LogP contribution is -2.06. The molecule has 1 aromatic heterocycles. The van der Waals surface area contributed by atoms with Crippen LogP contribution in [-0.2, 0) is 13.2 Å². The first-order valence-corrected chi connectivity index (χ1v) is 10.9. The first-order valence-electron chi connectivity index (χ1n) is 10.9. The molecule has 4 rings (SSSR count). The van der Waals surface area contributed by atoms with E-state index >= 15 is 0 Å². The van der Waals surface area contributed by atoms with Gasteiger partial charge in [0.15, 0.2) is 11.5 Å². The molecular formula is C28H25NO6. The van der Waals surface area contributed by atoms with Gasteiger partial charge in [0.2, 0.25) is 11.8 Å². The third-order valence-electron chi connectivity index (χ3n) is 5.33. The lowest BCUT2D eigenvalue weighted by atomic mass is 9.99. The van der Waals surface area contributed by atoms with Crippen LogP contribution >= 0.6 is 0 Å². The molecule has 1 N–H and O–H groups in total. The molecule has 7 heteroatoms. The zero-order valence-corrected chi connectivity index (χ0v) is 19.4. The van der Waals surface area contributed by atoms with Crippen LogP contribution in [0.25, 0.3) is 11.1 Å². The monoisotopic (exact) mass is 471 g/mol. The Labute approximate surface area is 203 Å². The van der Waals surface area contributed by atoms with E-state index in [2.05, 4.69) is 4.98 Å². The molecule has 3 aromatic carbocycles. The maximum absolute atomic E-state index is 12.1. The number of ether oxygens (including phenoxy) is 4. The summed E-state index contributed by atoms with van der Waals surface area (Å²) >= 11 is 0. The van der Waals surface area contributed by atoms with Gasteiger partial charge in [-0.1, -0.05) is 60.7 Å². The number of hydrogen-bond acceptors (Lipinski definition) is 6. The van der Waals surface area contributed by atoms with E-state index in [0.29, 0.717) is 35.1 Å². The van der Waals surface area contributed by atoms with Crippen molar-refractivity contribution < 1.29 is 28.8 Å². The Morgan fingerprint density at radius 2 is 1.31 bits per heavy atom. The van der Waals surface area contributed by atoms with E-state index in [0.717, 1.165) is 11.1 Å². The molecule has 0 aliphatic carbocycles. The van der Waals surface area contributed by atoms with Crippen LogP contribution in [0.5, 0.6) is 23.3 Å². The molecule has 0 radical (unpaired) electrons. The lowest BCUT2D eigenvalue weighted by Gasteiger charge is -2.16. The van der Waals surface area contributed by atoms with Gasteiger partial charge < -0.3 is 24.1 Å². The summed E-state index contributed by atoms with van der Waals surface area (Å²) in [7, 11) is 2.95. The van der Waals surface area contributed by atoms with Crippen LogP contribution in [0.2, 0.25) is 0 Å². The van der Waals surface area contributed by atoms with E-state index in [1.165, 1.54) is 20.3 Å². The molecule has 0 aliphatic rings. The highest BCUT2D eigenvalue weighted by atomic mass is 16.5. The summed E-state index contributed by atoms with van der Waals surface area (Å²) in [6, 6.07) is 25.8. The van der Waals surface area contributed by atoms with Gasteiger partial charge in [-0.25, -0.2) is 4.79 Å². The summed E-state index contributed by atoms with van der Waals surface area (Å²) in [5, 5.41) is 9.89. The number of carbonyl (C=O) groups is 1. The second-order valence-electron chi connectivity index (χ2n) is 7.61. The van der Waals surface area contributed by atoms with Crippen molar-refractivity contribution in [2.75, 3.05) is 14.2 Å². The normalized spacial score (nSPS) is 10.5. The summed E-state index contributed by atoms with van der Waals surface area (Å²) in [5.41, 5.74) is 2.86. The highest BCUT2D eigenvalue weighted by Crippen LogP contribution is 2.39. The van der Waals surface area contributed by atoms with Crippen molar-refractivity contribution in [3.8, 4) is 34.4 Å². The van der Waals surface area contributed by atoms with Gasteiger partial charge in [0.25, 0.3) is 0 Å². The van der Waals surface area contributed by atoms with E-state index in [1.54, 1.807) is 18.2 Å². The smallest absolute Gasteiger partial charge is 0.336 e. The molecule has 0 spiro atoms. The van der Waals surface area contributed by atoms with Crippen LogP contribution in [-0.4, -0.2) is 30.3 Å². The van der Waals surface area contributed by atoms with Crippen LogP contribution in [0.4, 0.5) is 0 Å². The largest absolute Gasteiger partial charge is 0.493 e. The number of benzene rings is 3. The standard InChI is InChI=1S/C28H25NO6/c1-32-24-15-22(23(28(30)31)16-25(24)33-2)21-13-14-26(34-17-19-9-5-3-6-10-19)29-27(21)35-18-20-11-7-4-8-12-20/h3-16H,17-18H2,1-2H3,(H,30,31). The Balaban J connectivity index is 1.74. The average molecular weight is 472 g/mol. The number of aromatic nitrogens is 1. The predicted molar refractivity (Wildman–Crippen MR) is 131 cm³/mol. The molecule has 7 nitrogen and oxygen atoms in total. The lowest BCUT2D eigenvalue weighted by molar-refractivity contribution is 0.0697. The maximum atomic E-state index is 12.1. The van der Waals surface area contributed by atoms with Gasteiger partial charge in [0.05, 0.1) is 19.8 Å². The number of methoxy groups -OCH3 is 2. The molecule has 0 unspecified atom stereocenters. The van der Waals surface area contributed by atoms with Gasteiger partial charge >= 0.3 is 5.97 Å². The molecule has 178 valence electrons. The summed E-state index contributed by atoms with van der Waals surface area (Å²) in [4.78, 5) is 16.7. The Hall–Kier alpha value is -4.52. The molecule has 0 saturated carbocycles. The van der Waals surface area contributed by atoms with Crippen molar-refractivity contribution >= 4 is 5.97 Å². The van der Waals surface area contributed by atoms with E-state index in [4.69, 9.17) is 18.9 Å². The maximum Gasteiger partial charge on any atom is 0.336 e. The van der Waals surface area contributed by atoms with E-state index in [9.17, 15) is 9.90 Å². The summed E-state index contributed by atoms with van der Waals surface area (Å²) in [6.45, 7) is 0.584. The van der Waals surface area contributed by atoms with Crippen molar-refractivity contribution in [2.24, 2.45) is 0 Å². The van der Waals surface area contributed by atoms with Gasteiger partial charge in [-0.2, -0.15) is 4.98 Å². The molecule has 0 bridgehead atoms. The molecule has 0 amide bonds. The minimum Gasteiger partial charge on any atom is -0.493 e. The van der Waals surface area contributed by atoms with E-state index in [1.807, 2.05) is 60.7 Å². The number of nitrogens with zero attached hydrogens (tertiary/aromatic N) is 1. The highest BCUT2D eigenvalue weighted by Gasteiger charge is 2.21. The third kappa shape index (κ3) is 5.70. The summed E-state index contributed by atoms with van der Waals surface area (Å²) in [6.07, 6.45) is 0. The van der Waals surface area contributed by atoms with Crippen molar-refractivity contribution in [2.45, 2.75) is 13.2 Å². The zero-order chi connectivity index (χ0) is 24.6. The topological polar surface area (TPSA) is 87.1 Å². The number of rotatable bonds is 10. The Morgan fingerprint density at radius 1 is 0.743 bits per heavy atom. The fraction of sp³-hybridized carbons (Fsp3) is 0.143. The highest BCUT2D eigenvalue weighted by molar-refractivity contribution is 5.98. The van der Waals surface area contributed by atoms with Crippen molar-refractivity contribution in [3.05, 3.63) is 102 Å². The Bertz CT molecular complexity index is 1290. The first-order chi connectivity index (χ1) is 17.1. The van der Waals surface area contributed by atoms with Gasteiger partial charge in [-0.05, 0) is 29.3 Å². The number of hydrogen-bond donors (Lipinski definition) is 1. The second kappa shape index (κ2) is 11.1. The van der Waals surface area contributed by atoms with Crippen molar-refractivity contribution in [1.29, 1.82) is 0 Å². The van der Waals surface area contributed by atoms with Crippen molar-refractivity contribution in [1.82, 2.24) is 4.98 Å². The van der Waals surface area contributed by atoms with Crippen LogP contribution in [0.15, 0.2) is 84.9 Å². The number of carboxylic acids is 1. The molecule has 0 atom stereocenters. The predicted octanol–water partition coefficient (Wildman–Crippen LogP) is 5.62. The van der Waals surface area contributed by atoms with Gasteiger partial charge in [0.1, 0.15) is 13.2 Å². The SMILES string of the molecule is COc1cc(C(=O)O)c(-c2ccc(OCc3ccccc3)nc2OCc2ccccc2)cc1OC. The molecule has 0 saturated heterocycles. The number of aromatic carboxylic acids is 1. The number of carboxylic acid groups (broad SMARTS) is 1. The first kappa shape index (κ1) is 23.6. The van der Waals surface area contributed by atoms with Gasteiger partial charge in [0, 0.05) is 17.2 Å². The summed E-state index contributed by atoms with van der Waals surface area (Å²) in [5.74, 6) is 0.202. The zero-order valence-electron chi connectivity index (χ0n) is 19.4. The summed E-state index contributed by atoms with van der Waals surface area (Å²) < 4.78 is 22.7. The van der Waals surface area contributed by atoms with E-state index < -0.39 is 5.97 Å². The van der Waals surface area contributed by atoms with Crippen LogP contribution in [0, 0.1) is 0 Å². The van der Waals surface area contributed by atoms with Gasteiger partial charge in [-0.15, -0.1) is 0 Å². The minimum atomic E-state index is -1.11. The van der Waals surface area contributed by atoms with Crippen LogP contribution in [0.1, 0.15) is 21.5 Å². The molecular weight excluding hydrogens is 446 g/mol. The second-order valence-corrected chi connectivity index (χ2v) is 7.61. The molecule has 4 aromatic rings. The average Bonchev–Trinajstić information content (AvgIpc) is 2.91. The Morgan fingerprint density at radius 3 is 1.89 bits per heavy atom. The molecule has 35 heavy (non-hydrogen) atoms. The van der Waals surface area contributed by atoms with Crippen LogP contribution in [0.3, 0.4) is 0 Å². The fourth-order valence-electron chi connectivity index (χ4n) is 3.56. The van der Waals surface area contributed by atoms with Crippen molar-refractivity contribution in [3.63, 3.8) is 0 Å². The van der Waals surface area contributed by atoms with Crippen LogP contribution < -0.4 is 18.9 Å². The Kier molecular flexibility index (Phi) is 7.47. The quantitative estimate of drug-likeness (QED) is 0.321. The fourth-order valence-corrected chi connectivity index (χ4v) is 3.56. The van der Waals surface area contributed by atoms with Gasteiger partial charge in [-0.3, -0.25) is 0 Å². The van der Waals surface area contributed by atoms with E-state index in [-0.39, 0.29) is 18.1 Å². The molecule has 1 heterocycles. The minimum absolute atomic E-state index is 0.0342. The molecule has 0 aliphatic heterocycles. The number of pyridine rings is 1. The molecule has 0 fully saturated rings. The third-order valence-corrected chi connectivity index (χ3v) is 5.33.